The molecule has 0 unspecified atom stereocenters. The third-order valence-corrected chi connectivity index (χ3v) is 2.68. The molecule has 0 atom stereocenters. The molecule has 0 aliphatic rings. The van der Waals surface area contributed by atoms with Crippen molar-refractivity contribution in [3.8, 4) is 0 Å². The van der Waals surface area contributed by atoms with Crippen LogP contribution in [-0.4, -0.2) is 13.0 Å². The number of rotatable bonds is 3. The zero-order valence-corrected chi connectivity index (χ0v) is 9.37. The van der Waals surface area contributed by atoms with Crippen LogP contribution in [0.15, 0.2) is 18.2 Å². The zero-order chi connectivity index (χ0) is 9.84. The molecule has 0 heterocycles. The zero-order valence-electron chi connectivity index (χ0n) is 7.21. The summed E-state index contributed by atoms with van der Waals surface area (Å²) in [4.78, 5) is 10.8. The topological polar surface area (TPSA) is 52.3 Å². The molecule has 1 rings (SSSR count). The van der Waals surface area contributed by atoms with E-state index in [1.165, 1.54) is 0 Å². The minimum atomic E-state index is -0.409. The second kappa shape index (κ2) is 4.57. The molecule has 3 nitrogen and oxygen atoms in total. The lowest BCUT2D eigenvalue weighted by atomic mass is 10.1. The first kappa shape index (κ1) is 10.5. The highest BCUT2D eigenvalue weighted by molar-refractivity contribution is 14.1. The van der Waals surface area contributed by atoms with Gasteiger partial charge in [0.1, 0.15) is 0 Å². The number of amides is 1. The SMILES string of the molecule is COCc1cc(C(N)=O)ccc1I. The fourth-order valence-corrected chi connectivity index (χ4v) is 1.49. The van der Waals surface area contributed by atoms with Gasteiger partial charge in [-0.2, -0.15) is 0 Å². The van der Waals surface area contributed by atoms with Gasteiger partial charge in [0, 0.05) is 16.2 Å². The first-order valence-electron chi connectivity index (χ1n) is 3.72. The molecule has 0 aliphatic heterocycles. The molecule has 0 aliphatic carbocycles. The van der Waals surface area contributed by atoms with E-state index in [0.717, 1.165) is 9.13 Å². The van der Waals surface area contributed by atoms with Gasteiger partial charge in [0.2, 0.25) is 5.91 Å². The highest BCUT2D eigenvalue weighted by Crippen LogP contribution is 2.15. The van der Waals surface area contributed by atoms with Crippen molar-refractivity contribution in [3.63, 3.8) is 0 Å². The number of hydrogen-bond donors (Lipinski definition) is 1. The van der Waals surface area contributed by atoms with Crippen LogP contribution >= 0.6 is 22.6 Å². The molecule has 13 heavy (non-hydrogen) atoms. The molecule has 4 heteroatoms. The monoisotopic (exact) mass is 291 g/mol. The Balaban J connectivity index is 3.03. The molecule has 0 spiro atoms. The Morgan fingerprint density at radius 1 is 1.62 bits per heavy atom. The van der Waals surface area contributed by atoms with E-state index in [0.29, 0.717) is 12.2 Å². The molecule has 2 N–H and O–H groups in total. The predicted molar refractivity (Wildman–Crippen MR) is 58.4 cm³/mol. The molecule has 0 saturated heterocycles. The predicted octanol–water partition coefficient (Wildman–Crippen LogP) is 1.54. The van der Waals surface area contributed by atoms with Gasteiger partial charge in [0.15, 0.2) is 0 Å². The quantitative estimate of drug-likeness (QED) is 0.859. The van der Waals surface area contributed by atoms with Crippen LogP contribution in [-0.2, 0) is 11.3 Å². The molecule has 1 aromatic rings. The Morgan fingerprint density at radius 2 is 2.31 bits per heavy atom. The van der Waals surface area contributed by atoms with E-state index >= 15 is 0 Å². The number of ether oxygens (including phenoxy) is 1. The number of hydrogen-bond acceptors (Lipinski definition) is 2. The minimum absolute atomic E-state index is 0.409. The smallest absolute Gasteiger partial charge is 0.248 e. The molecule has 0 radical (unpaired) electrons. The van der Waals surface area contributed by atoms with Crippen molar-refractivity contribution in [2.75, 3.05) is 7.11 Å². The van der Waals surface area contributed by atoms with Crippen LogP contribution in [0.25, 0.3) is 0 Å². The summed E-state index contributed by atoms with van der Waals surface area (Å²) in [6.45, 7) is 0.499. The number of benzene rings is 1. The number of carbonyl (C=O) groups is 1. The van der Waals surface area contributed by atoms with Crippen LogP contribution in [0.2, 0.25) is 0 Å². The summed E-state index contributed by atoms with van der Waals surface area (Å²) < 4.78 is 6.06. The molecule has 1 amide bonds. The second-order valence-electron chi connectivity index (χ2n) is 2.60. The minimum Gasteiger partial charge on any atom is -0.380 e. The first-order chi connectivity index (χ1) is 6.15. The van der Waals surface area contributed by atoms with Gasteiger partial charge in [0.05, 0.1) is 6.61 Å². The molecule has 0 bridgehead atoms. The molecule has 70 valence electrons. The maximum atomic E-state index is 10.8. The lowest BCUT2D eigenvalue weighted by Crippen LogP contribution is -2.11. The summed E-state index contributed by atoms with van der Waals surface area (Å²) in [6, 6.07) is 5.33. The first-order valence-corrected chi connectivity index (χ1v) is 4.80. The van der Waals surface area contributed by atoms with Gasteiger partial charge >= 0.3 is 0 Å². The Kier molecular flexibility index (Phi) is 3.68. The maximum absolute atomic E-state index is 10.8. The fourth-order valence-electron chi connectivity index (χ4n) is 0.994. The summed E-state index contributed by atoms with van der Waals surface area (Å²) in [6.07, 6.45) is 0. The average Bonchev–Trinajstić information content (AvgIpc) is 2.08. The number of methoxy groups -OCH3 is 1. The van der Waals surface area contributed by atoms with Gasteiger partial charge in [-0.3, -0.25) is 4.79 Å². The van der Waals surface area contributed by atoms with Crippen molar-refractivity contribution in [1.29, 1.82) is 0 Å². The van der Waals surface area contributed by atoms with E-state index < -0.39 is 5.91 Å². The van der Waals surface area contributed by atoms with Gasteiger partial charge in [-0.1, -0.05) is 0 Å². The van der Waals surface area contributed by atoms with Gasteiger partial charge in [0.25, 0.3) is 0 Å². The number of carbonyl (C=O) groups excluding carboxylic acids is 1. The van der Waals surface area contributed by atoms with E-state index in [1.807, 2.05) is 6.07 Å². The van der Waals surface area contributed by atoms with Crippen molar-refractivity contribution in [3.05, 3.63) is 32.9 Å². The summed E-state index contributed by atoms with van der Waals surface area (Å²) in [7, 11) is 1.62. The Labute approximate surface area is 90.4 Å². The van der Waals surface area contributed by atoms with Crippen LogP contribution in [0.4, 0.5) is 0 Å². The third-order valence-electron chi connectivity index (χ3n) is 1.63. The Bertz CT molecular complexity index is 325. The summed E-state index contributed by atoms with van der Waals surface area (Å²) in [5.74, 6) is -0.409. The van der Waals surface area contributed by atoms with Crippen LogP contribution < -0.4 is 5.73 Å². The average molecular weight is 291 g/mol. The fraction of sp³-hybridized carbons (Fsp3) is 0.222. The van der Waals surface area contributed by atoms with Gasteiger partial charge in [-0.05, 0) is 46.4 Å². The lowest BCUT2D eigenvalue weighted by Gasteiger charge is -2.04. The lowest BCUT2D eigenvalue weighted by molar-refractivity contribution is 0.1000. The van der Waals surface area contributed by atoms with E-state index in [-0.39, 0.29) is 0 Å². The van der Waals surface area contributed by atoms with Crippen LogP contribution in [0, 0.1) is 3.57 Å². The Morgan fingerprint density at radius 3 is 2.85 bits per heavy atom. The number of nitrogens with two attached hydrogens (primary N) is 1. The third kappa shape index (κ3) is 2.67. The second-order valence-corrected chi connectivity index (χ2v) is 3.77. The van der Waals surface area contributed by atoms with Crippen LogP contribution in [0.3, 0.4) is 0 Å². The van der Waals surface area contributed by atoms with E-state index in [1.54, 1.807) is 19.2 Å². The highest BCUT2D eigenvalue weighted by atomic mass is 127. The number of primary amides is 1. The highest BCUT2D eigenvalue weighted by Gasteiger charge is 2.04. The maximum Gasteiger partial charge on any atom is 0.248 e. The summed E-state index contributed by atoms with van der Waals surface area (Å²) in [5, 5.41) is 0. The van der Waals surface area contributed by atoms with E-state index in [2.05, 4.69) is 22.6 Å². The van der Waals surface area contributed by atoms with Crippen molar-refractivity contribution in [2.45, 2.75) is 6.61 Å². The molecule has 0 fully saturated rings. The van der Waals surface area contributed by atoms with Crippen LogP contribution in [0.1, 0.15) is 15.9 Å². The Hall–Kier alpha value is -0.620. The largest absolute Gasteiger partial charge is 0.380 e. The molecule has 1 aromatic carbocycles. The van der Waals surface area contributed by atoms with Gasteiger partial charge in [-0.25, -0.2) is 0 Å². The molecule has 0 saturated carbocycles. The van der Waals surface area contributed by atoms with E-state index in [4.69, 9.17) is 10.5 Å². The van der Waals surface area contributed by atoms with Crippen molar-refractivity contribution < 1.29 is 9.53 Å². The molecule has 0 aromatic heterocycles. The van der Waals surface area contributed by atoms with Gasteiger partial charge in [-0.15, -0.1) is 0 Å². The normalized spacial score (nSPS) is 10.0. The number of halogens is 1. The summed E-state index contributed by atoms with van der Waals surface area (Å²) in [5.41, 5.74) is 6.65. The molecular weight excluding hydrogens is 281 g/mol. The van der Waals surface area contributed by atoms with Crippen molar-refractivity contribution >= 4 is 28.5 Å². The summed E-state index contributed by atoms with van der Waals surface area (Å²) >= 11 is 2.19. The van der Waals surface area contributed by atoms with Gasteiger partial charge < -0.3 is 10.5 Å². The van der Waals surface area contributed by atoms with Crippen molar-refractivity contribution in [2.24, 2.45) is 5.73 Å². The van der Waals surface area contributed by atoms with Crippen LogP contribution in [0.5, 0.6) is 0 Å². The standard InChI is InChI=1S/C9H10INO2/c1-13-5-7-4-6(9(11)12)2-3-8(7)10/h2-4H,5H2,1H3,(H2,11,12). The van der Waals surface area contributed by atoms with Crippen molar-refractivity contribution in [1.82, 2.24) is 0 Å². The van der Waals surface area contributed by atoms with E-state index in [9.17, 15) is 4.79 Å². The molecular formula is C9H10INO2.